The number of esters is 2. The number of ether oxygens (including phenoxy) is 2. The fourth-order valence-corrected chi connectivity index (χ4v) is 3.64. The number of benzene rings is 1. The summed E-state index contributed by atoms with van der Waals surface area (Å²) < 4.78 is 10.6. The van der Waals surface area contributed by atoms with Crippen LogP contribution >= 0.6 is 0 Å². The summed E-state index contributed by atoms with van der Waals surface area (Å²) in [5.41, 5.74) is 1.24. The van der Waals surface area contributed by atoms with Gasteiger partial charge in [-0.25, -0.2) is 9.59 Å². The molecule has 0 N–H and O–H groups in total. The Kier molecular flexibility index (Phi) is 16.1. The highest BCUT2D eigenvalue weighted by Crippen LogP contribution is 2.15. The maximum absolute atomic E-state index is 12.4. The summed E-state index contributed by atoms with van der Waals surface area (Å²) in [6.07, 6.45) is 18.0. The first-order chi connectivity index (χ1) is 15.6. The fraction of sp³-hybridized carbons (Fsp3) is 0.643. The molecule has 0 fully saturated rings. The molecule has 0 spiro atoms. The maximum Gasteiger partial charge on any atom is 0.339 e. The van der Waals surface area contributed by atoms with E-state index in [0.29, 0.717) is 6.61 Å². The molecule has 0 aliphatic carbocycles. The zero-order chi connectivity index (χ0) is 23.4. The van der Waals surface area contributed by atoms with Crippen LogP contribution in [0.4, 0.5) is 0 Å². The van der Waals surface area contributed by atoms with Gasteiger partial charge in [0.25, 0.3) is 0 Å². The summed E-state index contributed by atoms with van der Waals surface area (Å²) in [4.78, 5) is 24.6. The standard InChI is InChI=1S/C28H44O4/c1-4-5-6-7-8-9-10-11-12-13-14-15-16-19-22-31-27(29)25-20-17-18-21-26(25)28(30)32-23-24(2)3/h17-18,20-21H,2,4-16,19,22-23H2,1,3H3. The monoisotopic (exact) mass is 444 g/mol. The minimum absolute atomic E-state index is 0.140. The van der Waals surface area contributed by atoms with Gasteiger partial charge in [0, 0.05) is 0 Å². The zero-order valence-electron chi connectivity index (χ0n) is 20.5. The van der Waals surface area contributed by atoms with Crippen LogP contribution in [0, 0.1) is 0 Å². The van der Waals surface area contributed by atoms with Crippen molar-refractivity contribution in [1.82, 2.24) is 0 Å². The molecule has 0 heterocycles. The molecule has 0 unspecified atom stereocenters. The van der Waals surface area contributed by atoms with E-state index in [0.717, 1.165) is 18.4 Å². The van der Waals surface area contributed by atoms with Crippen molar-refractivity contribution in [3.05, 3.63) is 47.5 Å². The molecule has 1 aromatic carbocycles. The Morgan fingerprint density at radius 1 is 0.688 bits per heavy atom. The number of rotatable bonds is 19. The molecule has 0 aromatic heterocycles. The van der Waals surface area contributed by atoms with Crippen LogP contribution in [-0.2, 0) is 9.47 Å². The van der Waals surface area contributed by atoms with Crippen LogP contribution in [0.25, 0.3) is 0 Å². The van der Waals surface area contributed by atoms with Crippen LogP contribution in [0.5, 0.6) is 0 Å². The Hall–Kier alpha value is -2.10. The lowest BCUT2D eigenvalue weighted by Crippen LogP contribution is -2.15. The number of hydrogen-bond donors (Lipinski definition) is 0. The summed E-state index contributed by atoms with van der Waals surface area (Å²) in [7, 11) is 0. The lowest BCUT2D eigenvalue weighted by atomic mass is 10.0. The predicted molar refractivity (Wildman–Crippen MR) is 132 cm³/mol. The minimum Gasteiger partial charge on any atom is -0.462 e. The van der Waals surface area contributed by atoms with Crippen LogP contribution in [0.15, 0.2) is 36.4 Å². The summed E-state index contributed by atoms with van der Waals surface area (Å²) in [5, 5.41) is 0. The molecule has 0 atom stereocenters. The van der Waals surface area contributed by atoms with Crippen molar-refractivity contribution in [3.63, 3.8) is 0 Å². The molecule has 4 nitrogen and oxygen atoms in total. The van der Waals surface area contributed by atoms with Crippen LogP contribution in [0.1, 0.15) is 124 Å². The van der Waals surface area contributed by atoms with Crippen molar-refractivity contribution < 1.29 is 19.1 Å². The van der Waals surface area contributed by atoms with E-state index in [4.69, 9.17) is 9.47 Å². The van der Waals surface area contributed by atoms with Crippen molar-refractivity contribution in [2.75, 3.05) is 13.2 Å². The first kappa shape index (κ1) is 27.9. The van der Waals surface area contributed by atoms with Crippen molar-refractivity contribution in [2.45, 2.75) is 104 Å². The van der Waals surface area contributed by atoms with Gasteiger partial charge < -0.3 is 9.47 Å². The van der Waals surface area contributed by atoms with Crippen LogP contribution in [0.3, 0.4) is 0 Å². The SMILES string of the molecule is C=C(C)COC(=O)c1ccccc1C(=O)OCCCCCCCCCCCCCCCC. The summed E-state index contributed by atoms with van der Waals surface area (Å²) in [6.45, 7) is 8.28. The Bertz CT molecular complexity index is 665. The fourth-order valence-electron chi connectivity index (χ4n) is 3.64. The van der Waals surface area contributed by atoms with Gasteiger partial charge in [-0.2, -0.15) is 0 Å². The van der Waals surface area contributed by atoms with Crippen LogP contribution in [0.2, 0.25) is 0 Å². The first-order valence-corrected chi connectivity index (χ1v) is 12.6. The van der Waals surface area contributed by atoms with Crippen molar-refractivity contribution in [1.29, 1.82) is 0 Å². The van der Waals surface area contributed by atoms with Crippen molar-refractivity contribution in [3.8, 4) is 0 Å². The highest BCUT2D eigenvalue weighted by molar-refractivity contribution is 6.03. The van der Waals surface area contributed by atoms with Crippen LogP contribution in [-0.4, -0.2) is 25.2 Å². The molecule has 32 heavy (non-hydrogen) atoms. The van der Waals surface area contributed by atoms with Gasteiger partial charge in [0.1, 0.15) is 6.61 Å². The molecule has 0 aliphatic heterocycles. The smallest absolute Gasteiger partial charge is 0.339 e. The van der Waals surface area contributed by atoms with Gasteiger partial charge in [0.05, 0.1) is 17.7 Å². The van der Waals surface area contributed by atoms with E-state index in [-0.39, 0.29) is 17.7 Å². The third-order valence-electron chi connectivity index (χ3n) is 5.55. The molecule has 0 saturated heterocycles. The molecular formula is C28H44O4. The van der Waals surface area contributed by atoms with Gasteiger partial charge >= 0.3 is 11.9 Å². The van der Waals surface area contributed by atoms with Crippen molar-refractivity contribution >= 4 is 11.9 Å². The second-order valence-corrected chi connectivity index (χ2v) is 8.81. The largest absolute Gasteiger partial charge is 0.462 e. The molecule has 180 valence electrons. The molecule has 4 heteroatoms. The highest BCUT2D eigenvalue weighted by atomic mass is 16.5. The van der Waals surface area contributed by atoms with Crippen LogP contribution < -0.4 is 0 Å². The average molecular weight is 445 g/mol. The second kappa shape index (κ2) is 18.5. The minimum atomic E-state index is -0.531. The Balaban J connectivity index is 2.09. The van der Waals surface area contributed by atoms with Gasteiger partial charge in [0.2, 0.25) is 0 Å². The molecular weight excluding hydrogens is 400 g/mol. The van der Waals surface area contributed by atoms with Gasteiger partial charge in [0.15, 0.2) is 0 Å². The summed E-state index contributed by atoms with van der Waals surface area (Å²) in [6, 6.07) is 6.62. The number of hydrogen-bond acceptors (Lipinski definition) is 4. The lowest BCUT2D eigenvalue weighted by molar-refractivity contribution is 0.0467. The van der Waals surface area contributed by atoms with E-state index in [1.165, 1.54) is 77.0 Å². The van der Waals surface area contributed by atoms with Gasteiger partial charge in [-0.05, 0) is 31.1 Å². The number of unbranched alkanes of at least 4 members (excludes halogenated alkanes) is 13. The predicted octanol–water partition coefficient (Wildman–Crippen LogP) is 8.06. The van der Waals surface area contributed by atoms with E-state index >= 15 is 0 Å². The van der Waals surface area contributed by atoms with Gasteiger partial charge in [-0.15, -0.1) is 0 Å². The van der Waals surface area contributed by atoms with Crippen molar-refractivity contribution in [2.24, 2.45) is 0 Å². The Labute approximate surface area is 195 Å². The zero-order valence-corrected chi connectivity index (χ0v) is 20.5. The third kappa shape index (κ3) is 13.3. The summed E-state index contributed by atoms with van der Waals surface area (Å²) in [5.74, 6) is -1.00. The molecule has 1 rings (SSSR count). The lowest BCUT2D eigenvalue weighted by Gasteiger charge is -2.10. The van der Waals surface area contributed by atoms with E-state index in [2.05, 4.69) is 13.5 Å². The average Bonchev–Trinajstić information content (AvgIpc) is 2.79. The Morgan fingerprint density at radius 2 is 1.09 bits per heavy atom. The number of carbonyl (C=O) groups excluding carboxylic acids is 2. The van der Waals surface area contributed by atoms with Gasteiger partial charge in [-0.1, -0.05) is 109 Å². The molecule has 0 saturated carbocycles. The molecule has 0 aliphatic rings. The molecule has 0 radical (unpaired) electrons. The highest BCUT2D eigenvalue weighted by Gasteiger charge is 2.18. The van der Waals surface area contributed by atoms with E-state index in [1.807, 2.05) is 0 Å². The molecule has 1 aromatic rings. The molecule has 0 amide bonds. The summed E-state index contributed by atoms with van der Waals surface area (Å²) >= 11 is 0. The quantitative estimate of drug-likeness (QED) is 0.123. The maximum atomic E-state index is 12.4. The first-order valence-electron chi connectivity index (χ1n) is 12.6. The number of carbonyl (C=O) groups is 2. The van der Waals surface area contributed by atoms with E-state index < -0.39 is 11.9 Å². The Morgan fingerprint density at radius 3 is 1.53 bits per heavy atom. The second-order valence-electron chi connectivity index (χ2n) is 8.81. The normalized spacial score (nSPS) is 10.7. The van der Waals surface area contributed by atoms with E-state index in [1.54, 1.807) is 31.2 Å². The third-order valence-corrected chi connectivity index (χ3v) is 5.55. The molecule has 0 bridgehead atoms. The van der Waals surface area contributed by atoms with E-state index in [9.17, 15) is 9.59 Å². The van der Waals surface area contributed by atoms with Gasteiger partial charge in [-0.3, -0.25) is 0 Å². The topological polar surface area (TPSA) is 52.6 Å².